The highest BCUT2D eigenvalue weighted by molar-refractivity contribution is 6.16. The van der Waals surface area contributed by atoms with E-state index in [-0.39, 0.29) is 12.3 Å². The molecular formula is C29H39N7O. The number of aromatic nitrogens is 3. The zero-order valence-electron chi connectivity index (χ0n) is 22.5. The number of amides is 1. The Bertz CT molecular complexity index is 1200. The molecule has 1 aromatic heterocycles. The maximum Gasteiger partial charge on any atom is 0.222 e. The van der Waals surface area contributed by atoms with Gasteiger partial charge in [-0.15, -0.1) is 10.2 Å². The van der Waals surface area contributed by atoms with Gasteiger partial charge in [-0.2, -0.15) is 0 Å². The van der Waals surface area contributed by atoms with Gasteiger partial charge < -0.3 is 15.1 Å². The number of carbonyl (C=O) groups is 1. The van der Waals surface area contributed by atoms with Crippen LogP contribution in [-0.4, -0.2) is 82.5 Å². The Morgan fingerprint density at radius 1 is 1.11 bits per heavy atom. The highest BCUT2D eigenvalue weighted by Crippen LogP contribution is 2.32. The first-order chi connectivity index (χ1) is 18.0. The number of aryl methyl sites for hydroxylation is 1. The van der Waals surface area contributed by atoms with Gasteiger partial charge in [0.15, 0.2) is 5.82 Å². The average Bonchev–Trinajstić information content (AvgIpc) is 3.22. The van der Waals surface area contributed by atoms with Gasteiger partial charge in [0.25, 0.3) is 0 Å². The summed E-state index contributed by atoms with van der Waals surface area (Å²) in [6.45, 7) is 12.0. The summed E-state index contributed by atoms with van der Waals surface area (Å²) in [5.74, 6) is 1.45. The second-order valence-corrected chi connectivity index (χ2v) is 9.65. The van der Waals surface area contributed by atoms with E-state index in [9.17, 15) is 4.79 Å². The molecule has 4 rings (SSSR count). The van der Waals surface area contributed by atoms with Crippen molar-refractivity contribution in [2.24, 2.45) is 4.99 Å². The number of aliphatic imine (C=N–C) groups is 1. The third kappa shape index (κ3) is 6.50. The molecule has 2 aliphatic rings. The van der Waals surface area contributed by atoms with Crippen molar-refractivity contribution in [2.45, 2.75) is 39.7 Å². The van der Waals surface area contributed by atoms with Crippen LogP contribution in [0.1, 0.15) is 49.9 Å². The van der Waals surface area contributed by atoms with Crippen LogP contribution in [0.25, 0.3) is 5.69 Å². The molecule has 2 aliphatic heterocycles. The maximum absolute atomic E-state index is 13.1. The van der Waals surface area contributed by atoms with E-state index in [0.29, 0.717) is 12.4 Å². The van der Waals surface area contributed by atoms with Crippen LogP contribution < -0.4 is 5.32 Å². The maximum atomic E-state index is 13.1. The lowest BCUT2D eigenvalue weighted by molar-refractivity contribution is -0.121. The molecule has 1 aromatic carbocycles. The Labute approximate surface area is 220 Å². The molecule has 0 radical (unpaired) electrons. The van der Waals surface area contributed by atoms with Crippen LogP contribution in [0.4, 0.5) is 0 Å². The molecule has 1 amide bonds. The van der Waals surface area contributed by atoms with Gasteiger partial charge in [-0.1, -0.05) is 48.6 Å². The summed E-state index contributed by atoms with van der Waals surface area (Å²) in [5.41, 5.74) is 3.81. The van der Waals surface area contributed by atoms with E-state index in [1.165, 1.54) is 0 Å². The fraction of sp³-hybridized carbons (Fsp3) is 0.448. The van der Waals surface area contributed by atoms with Crippen LogP contribution in [0.15, 0.2) is 65.2 Å². The highest BCUT2D eigenvalue weighted by atomic mass is 16.1. The molecule has 3 heterocycles. The number of nitrogens with zero attached hydrogens (tertiary/aromatic N) is 6. The topological polar surface area (TPSA) is 78.7 Å². The van der Waals surface area contributed by atoms with Crippen LogP contribution in [0, 0.1) is 6.92 Å². The van der Waals surface area contributed by atoms with Crippen molar-refractivity contribution >= 4 is 11.6 Å². The lowest BCUT2D eigenvalue weighted by Crippen LogP contribution is -2.45. The fourth-order valence-corrected chi connectivity index (χ4v) is 4.85. The van der Waals surface area contributed by atoms with Crippen LogP contribution in [0.2, 0.25) is 0 Å². The summed E-state index contributed by atoms with van der Waals surface area (Å²) >= 11 is 0. The van der Waals surface area contributed by atoms with E-state index < -0.39 is 6.04 Å². The third-order valence-electron chi connectivity index (χ3n) is 6.87. The molecule has 8 heteroatoms. The van der Waals surface area contributed by atoms with Gasteiger partial charge in [-0.05, 0) is 46.9 Å². The summed E-state index contributed by atoms with van der Waals surface area (Å²) in [6, 6.07) is 7.72. The zero-order chi connectivity index (χ0) is 26.2. The SMILES string of the molecule is C\C=C/C=C(\C=C/C)C1=N[C@@H](CC(=O)NCCCN2CCN(C)CC2)c2nnc(C)n2-c2ccccc21. The van der Waals surface area contributed by atoms with E-state index in [1.54, 1.807) is 0 Å². The fourth-order valence-electron chi connectivity index (χ4n) is 4.85. The monoisotopic (exact) mass is 501 g/mol. The first-order valence-corrected chi connectivity index (χ1v) is 13.2. The van der Waals surface area contributed by atoms with Crippen LogP contribution >= 0.6 is 0 Å². The Balaban J connectivity index is 1.55. The van der Waals surface area contributed by atoms with Crippen molar-refractivity contribution in [3.05, 3.63) is 77.4 Å². The first-order valence-electron chi connectivity index (χ1n) is 13.2. The number of likely N-dealkylation sites (N-methyl/N-ethyl adjacent to an activating group) is 1. The average molecular weight is 502 g/mol. The number of carbonyl (C=O) groups excluding carboxylic acids is 1. The number of benzene rings is 1. The van der Waals surface area contributed by atoms with Crippen molar-refractivity contribution < 1.29 is 4.79 Å². The molecule has 0 bridgehead atoms. The number of nitrogens with one attached hydrogen (secondary N) is 1. The van der Waals surface area contributed by atoms with Crippen molar-refractivity contribution in [1.29, 1.82) is 0 Å². The van der Waals surface area contributed by atoms with E-state index in [2.05, 4.69) is 56.6 Å². The smallest absolute Gasteiger partial charge is 0.222 e. The van der Waals surface area contributed by atoms with Gasteiger partial charge in [0, 0.05) is 43.9 Å². The quantitative estimate of drug-likeness (QED) is 0.419. The number of fused-ring (bicyclic) bond motifs is 3. The standard InChI is InChI=1S/C29H39N7O/c1-5-7-12-23(11-6-2)28-24-13-8-9-14-26(24)36-22(3)32-33-29(36)25(31-28)21-27(37)30-15-10-16-35-19-17-34(4)18-20-35/h5-9,11-14,25H,10,15-21H2,1-4H3,(H,30,37)/b7-5-,11-6-,23-12+/t25-/m0/s1. The lowest BCUT2D eigenvalue weighted by atomic mass is 9.99. The van der Waals surface area contributed by atoms with Gasteiger partial charge in [0.2, 0.25) is 5.91 Å². The number of hydrogen-bond donors (Lipinski definition) is 1. The summed E-state index contributed by atoms with van der Waals surface area (Å²) in [7, 11) is 2.16. The number of para-hydroxylation sites is 1. The summed E-state index contributed by atoms with van der Waals surface area (Å²) in [4.78, 5) is 23.1. The molecule has 0 saturated carbocycles. The largest absolute Gasteiger partial charge is 0.356 e. The second kappa shape index (κ2) is 12.7. The third-order valence-corrected chi connectivity index (χ3v) is 6.87. The minimum atomic E-state index is -0.444. The number of hydrogen-bond acceptors (Lipinski definition) is 6. The van der Waals surface area contributed by atoms with Crippen molar-refractivity contribution in [2.75, 3.05) is 46.3 Å². The van der Waals surface area contributed by atoms with Crippen molar-refractivity contribution in [3.8, 4) is 5.69 Å². The minimum Gasteiger partial charge on any atom is -0.356 e. The molecule has 196 valence electrons. The molecule has 1 N–H and O–H groups in total. The van der Waals surface area contributed by atoms with E-state index in [4.69, 9.17) is 4.99 Å². The number of allylic oxidation sites excluding steroid dienone is 6. The number of rotatable bonds is 9. The van der Waals surface area contributed by atoms with Gasteiger partial charge >= 0.3 is 0 Å². The molecule has 0 aliphatic carbocycles. The predicted molar refractivity (Wildman–Crippen MR) is 149 cm³/mol. The molecule has 8 nitrogen and oxygen atoms in total. The van der Waals surface area contributed by atoms with Crippen LogP contribution in [0.5, 0.6) is 0 Å². The van der Waals surface area contributed by atoms with Crippen LogP contribution in [-0.2, 0) is 4.79 Å². The Kier molecular flexibility index (Phi) is 9.19. The van der Waals surface area contributed by atoms with E-state index in [0.717, 1.165) is 67.5 Å². The van der Waals surface area contributed by atoms with Gasteiger partial charge in [-0.3, -0.25) is 14.4 Å². The molecule has 1 saturated heterocycles. The molecule has 37 heavy (non-hydrogen) atoms. The molecule has 0 unspecified atom stereocenters. The predicted octanol–water partition coefficient (Wildman–Crippen LogP) is 3.64. The van der Waals surface area contributed by atoms with E-state index in [1.807, 2.05) is 55.7 Å². The minimum absolute atomic E-state index is 0.0188. The normalized spacial score (nSPS) is 19.1. The highest BCUT2D eigenvalue weighted by Gasteiger charge is 2.29. The van der Waals surface area contributed by atoms with Gasteiger partial charge in [-0.25, -0.2) is 0 Å². The van der Waals surface area contributed by atoms with Gasteiger partial charge in [0.1, 0.15) is 11.9 Å². The summed E-state index contributed by atoms with van der Waals surface area (Å²) < 4.78 is 2.04. The Morgan fingerprint density at radius 3 is 2.65 bits per heavy atom. The lowest BCUT2D eigenvalue weighted by Gasteiger charge is -2.32. The van der Waals surface area contributed by atoms with Crippen LogP contribution in [0.3, 0.4) is 0 Å². The number of piperazine rings is 1. The molecule has 1 fully saturated rings. The summed E-state index contributed by atoms with van der Waals surface area (Å²) in [6.07, 6.45) is 11.3. The van der Waals surface area contributed by atoms with E-state index >= 15 is 0 Å². The van der Waals surface area contributed by atoms with Crippen molar-refractivity contribution in [3.63, 3.8) is 0 Å². The Morgan fingerprint density at radius 2 is 1.89 bits per heavy atom. The summed E-state index contributed by atoms with van der Waals surface area (Å²) in [5, 5.41) is 11.9. The molecule has 0 spiro atoms. The molecule has 1 atom stereocenters. The first kappa shape index (κ1) is 26.7. The van der Waals surface area contributed by atoms with Crippen molar-refractivity contribution in [1.82, 2.24) is 29.9 Å². The van der Waals surface area contributed by atoms with Gasteiger partial charge in [0.05, 0.1) is 17.8 Å². The molecule has 2 aromatic rings. The zero-order valence-corrected chi connectivity index (χ0v) is 22.5. The molecular weight excluding hydrogens is 462 g/mol. The second-order valence-electron chi connectivity index (χ2n) is 9.65. The Hall–Kier alpha value is -3.36.